The normalized spacial score (nSPS) is 22.1. The average Bonchev–Trinajstić information content (AvgIpc) is 2.85. The molecule has 1 aromatic carbocycles. The molecule has 1 aliphatic rings. The summed E-state index contributed by atoms with van der Waals surface area (Å²) in [6, 6.07) is 8.45. The lowest BCUT2D eigenvalue weighted by molar-refractivity contribution is -0.134. The molecule has 1 aliphatic heterocycles. The Balaban J connectivity index is 0.00000161. The van der Waals surface area contributed by atoms with Crippen LogP contribution < -0.4 is 5.32 Å². The maximum atomic E-state index is 12.5. The number of aromatic nitrogens is 2. The minimum atomic E-state index is 0. The fourth-order valence-electron chi connectivity index (χ4n) is 2.81. The van der Waals surface area contributed by atoms with Crippen LogP contribution >= 0.6 is 12.4 Å². The number of benzene rings is 1. The number of amides is 1. The Hall–Kier alpha value is -1.59. The third kappa shape index (κ3) is 3.04. The molecule has 1 fully saturated rings. The van der Waals surface area contributed by atoms with Gasteiger partial charge < -0.3 is 10.2 Å². The Morgan fingerprint density at radius 3 is 2.95 bits per heavy atom. The smallest absolute Gasteiger partial charge is 0.228 e. The highest BCUT2D eigenvalue weighted by atomic mass is 35.5. The van der Waals surface area contributed by atoms with Crippen molar-refractivity contribution in [3.63, 3.8) is 0 Å². The van der Waals surface area contributed by atoms with E-state index < -0.39 is 0 Å². The van der Waals surface area contributed by atoms with Crippen molar-refractivity contribution in [1.29, 1.82) is 0 Å². The maximum Gasteiger partial charge on any atom is 0.228 e. The third-order valence-corrected chi connectivity index (χ3v) is 4.22. The van der Waals surface area contributed by atoms with Crippen LogP contribution in [-0.4, -0.2) is 46.2 Å². The lowest BCUT2D eigenvalue weighted by Gasteiger charge is -2.38. The molecule has 1 aromatic heterocycles. The van der Waals surface area contributed by atoms with Crippen LogP contribution in [0.5, 0.6) is 0 Å². The van der Waals surface area contributed by atoms with E-state index in [1.165, 1.54) is 0 Å². The molecule has 2 heterocycles. The molecule has 2 atom stereocenters. The minimum Gasteiger partial charge on any atom is -0.337 e. The summed E-state index contributed by atoms with van der Waals surface area (Å²) in [6.07, 6.45) is 0.386. The van der Waals surface area contributed by atoms with Gasteiger partial charge in [-0.1, -0.05) is 18.2 Å². The van der Waals surface area contributed by atoms with Gasteiger partial charge in [0, 0.05) is 30.6 Å². The van der Waals surface area contributed by atoms with E-state index in [-0.39, 0.29) is 24.4 Å². The van der Waals surface area contributed by atoms with Crippen molar-refractivity contribution in [2.24, 2.45) is 0 Å². The summed E-state index contributed by atoms with van der Waals surface area (Å²) < 4.78 is 0. The van der Waals surface area contributed by atoms with Crippen LogP contribution in [0.1, 0.15) is 19.5 Å². The summed E-state index contributed by atoms with van der Waals surface area (Å²) in [4.78, 5) is 14.5. The molecule has 114 valence electrons. The Bertz CT molecular complexity index is 627. The predicted octanol–water partition coefficient (Wildman–Crippen LogP) is 1.74. The molecule has 0 aliphatic carbocycles. The van der Waals surface area contributed by atoms with Crippen LogP contribution in [0.4, 0.5) is 0 Å². The van der Waals surface area contributed by atoms with Crippen LogP contribution in [0.25, 0.3) is 10.9 Å². The van der Waals surface area contributed by atoms with Gasteiger partial charge in [0.1, 0.15) is 0 Å². The first-order valence-electron chi connectivity index (χ1n) is 7.11. The van der Waals surface area contributed by atoms with Crippen LogP contribution in [-0.2, 0) is 11.2 Å². The van der Waals surface area contributed by atoms with Crippen molar-refractivity contribution < 1.29 is 4.79 Å². The fourth-order valence-corrected chi connectivity index (χ4v) is 2.81. The second-order valence-electron chi connectivity index (χ2n) is 5.47. The van der Waals surface area contributed by atoms with Gasteiger partial charge in [0.05, 0.1) is 17.6 Å². The molecule has 21 heavy (non-hydrogen) atoms. The maximum absolute atomic E-state index is 12.5. The van der Waals surface area contributed by atoms with Crippen LogP contribution in [0.3, 0.4) is 0 Å². The summed E-state index contributed by atoms with van der Waals surface area (Å²) in [6.45, 7) is 5.85. The number of para-hydroxylation sites is 1. The molecule has 2 N–H and O–H groups in total. The molecule has 1 amide bonds. The van der Waals surface area contributed by atoms with E-state index in [1.54, 1.807) is 0 Å². The van der Waals surface area contributed by atoms with E-state index in [9.17, 15) is 4.79 Å². The van der Waals surface area contributed by atoms with Gasteiger partial charge in [-0.15, -0.1) is 12.4 Å². The number of carbonyl (C=O) groups is 1. The van der Waals surface area contributed by atoms with Crippen molar-refractivity contribution in [3.05, 3.63) is 30.0 Å². The second-order valence-corrected chi connectivity index (χ2v) is 5.47. The first-order chi connectivity index (χ1) is 9.66. The van der Waals surface area contributed by atoms with Gasteiger partial charge in [0.2, 0.25) is 5.91 Å². The average molecular weight is 309 g/mol. The molecule has 2 aromatic rings. The number of carbonyl (C=O) groups excluding carboxylic acids is 1. The van der Waals surface area contributed by atoms with E-state index in [0.29, 0.717) is 12.5 Å². The number of hydrogen-bond acceptors (Lipinski definition) is 3. The number of H-pyrrole nitrogens is 1. The van der Waals surface area contributed by atoms with Gasteiger partial charge in [0.15, 0.2) is 0 Å². The van der Waals surface area contributed by atoms with Gasteiger partial charge in [-0.05, 0) is 19.9 Å². The largest absolute Gasteiger partial charge is 0.337 e. The molecule has 0 spiro atoms. The molecule has 1 saturated heterocycles. The quantitative estimate of drug-likeness (QED) is 0.888. The number of rotatable bonds is 2. The van der Waals surface area contributed by atoms with Crippen molar-refractivity contribution in [3.8, 4) is 0 Å². The van der Waals surface area contributed by atoms with E-state index >= 15 is 0 Å². The predicted molar refractivity (Wildman–Crippen MR) is 85.7 cm³/mol. The summed E-state index contributed by atoms with van der Waals surface area (Å²) in [5.74, 6) is 0.167. The van der Waals surface area contributed by atoms with E-state index in [2.05, 4.69) is 29.4 Å². The van der Waals surface area contributed by atoms with Crippen molar-refractivity contribution in [1.82, 2.24) is 20.4 Å². The van der Waals surface area contributed by atoms with Gasteiger partial charge in [-0.2, -0.15) is 5.10 Å². The van der Waals surface area contributed by atoms with Crippen LogP contribution in [0.15, 0.2) is 24.3 Å². The molecular formula is C15H21ClN4O. The highest BCUT2D eigenvalue weighted by Gasteiger charge is 2.28. The van der Waals surface area contributed by atoms with Gasteiger partial charge in [-0.25, -0.2) is 0 Å². The Morgan fingerprint density at radius 1 is 1.38 bits per heavy atom. The highest BCUT2D eigenvalue weighted by Crippen LogP contribution is 2.17. The zero-order chi connectivity index (χ0) is 14.1. The van der Waals surface area contributed by atoms with Crippen molar-refractivity contribution in [2.75, 3.05) is 13.1 Å². The first kappa shape index (κ1) is 15.8. The summed E-state index contributed by atoms with van der Waals surface area (Å²) in [5.41, 5.74) is 1.82. The number of halogens is 1. The van der Waals surface area contributed by atoms with Gasteiger partial charge in [0.25, 0.3) is 0 Å². The SMILES string of the molecule is CC1NCCN(C(=O)Cc2[nH]nc3ccccc23)C1C.Cl. The lowest BCUT2D eigenvalue weighted by Crippen LogP contribution is -2.57. The topological polar surface area (TPSA) is 61.0 Å². The van der Waals surface area contributed by atoms with Gasteiger partial charge >= 0.3 is 0 Å². The number of fused-ring (bicyclic) bond motifs is 1. The third-order valence-electron chi connectivity index (χ3n) is 4.22. The van der Waals surface area contributed by atoms with Crippen LogP contribution in [0.2, 0.25) is 0 Å². The fraction of sp³-hybridized carbons (Fsp3) is 0.467. The van der Waals surface area contributed by atoms with Gasteiger partial charge in [-0.3, -0.25) is 9.89 Å². The zero-order valence-corrected chi connectivity index (χ0v) is 13.1. The number of piperazine rings is 1. The molecule has 3 rings (SSSR count). The molecule has 6 heteroatoms. The molecular weight excluding hydrogens is 288 g/mol. The number of nitrogens with one attached hydrogen (secondary N) is 2. The standard InChI is InChI=1S/C15H20N4O.ClH/c1-10-11(2)19(8-7-16-10)15(20)9-14-12-5-3-4-6-13(12)17-18-14;/h3-6,10-11,16H,7-9H2,1-2H3,(H,17,18);1H. The molecule has 0 bridgehead atoms. The number of aromatic amines is 1. The summed E-state index contributed by atoms with van der Waals surface area (Å²) >= 11 is 0. The molecule has 0 radical (unpaired) electrons. The van der Waals surface area contributed by atoms with E-state index in [4.69, 9.17) is 0 Å². The Morgan fingerprint density at radius 2 is 2.14 bits per heavy atom. The van der Waals surface area contributed by atoms with Crippen molar-refractivity contribution >= 4 is 29.2 Å². The summed E-state index contributed by atoms with van der Waals surface area (Å²) in [5, 5.41) is 11.7. The molecule has 2 unspecified atom stereocenters. The van der Waals surface area contributed by atoms with E-state index in [1.807, 2.05) is 29.2 Å². The second kappa shape index (κ2) is 6.45. The first-order valence-corrected chi connectivity index (χ1v) is 7.11. The summed E-state index contributed by atoms with van der Waals surface area (Å²) in [7, 11) is 0. The van der Waals surface area contributed by atoms with E-state index in [0.717, 1.165) is 29.7 Å². The van der Waals surface area contributed by atoms with Crippen molar-refractivity contribution in [2.45, 2.75) is 32.4 Å². The molecule has 5 nitrogen and oxygen atoms in total. The highest BCUT2D eigenvalue weighted by molar-refractivity contribution is 5.87. The van der Waals surface area contributed by atoms with Crippen LogP contribution in [0, 0.1) is 0 Å². The Kier molecular flexibility index (Phi) is 4.85. The number of nitrogens with zero attached hydrogens (tertiary/aromatic N) is 2. The monoisotopic (exact) mass is 308 g/mol. The Labute approximate surface area is 130 Å². The number of hydrogen-bond donors (Lipinski definition) is 2. The zero-order valence-electron chi connectivity index (χ0n) is 12.3. The lowest BCUT2D eigenvalue weighted by atomic mass is 10.1. The minimum absolute atomic E-state index is 0. The molecule has 0 saturated carbocycles.